The first-order valence-corrected chi connectivity index (χ1v) is 13.7. The Kier molecular flexibility index (Phi) is 6.89. The molecule has 11 heteroatoms. The molecule has 0 saturated carbocycles. The van der Waals surface area contributed by atoms with Gasteiger partial charge < -0.3 is 9.64 Å². The van der Waals surface area contributed by atoms with Gasteiger partial charge in [0.15, 0.2) is 21.4 Å². The molecule has 3 heterocycles. The number of nitrogens with zero attached hydrogens (tertiary/aromatic N) is 4. The number of sulfone groups is 1. The van der Waals surface area contributed by atoms with Gasteiger partial charge in [0.2, 0.25) is 5.95 Å². The molecule has 33 heavy (non-hydrogen) atoms. The van der Waals surface area contributed by atoms with Crippen molar-refractivity contribution in [2.24, 2.45) is 10.9 Å². The van der Waals surface area contributed by atoms with Crippen molar-refractivity contribution in [2.75, 3.05) is 30.9 Å². The monoisotopic (exact) mass is 492 g/mol. The van der Waals surface area contributed by atoms with Crippen molar-refractivity contribution >= 4 is 31.6 Å². The van der Waals surface area contributed by atoms with E-state index in [1.54, 1.807) is 0 Å². The molecule has 4 rings (SSSR count). The van der Waals surface area contributed by atoms with Crippen molar-refractivity contribution in [1.29, 1.82) is 0 Å². The lowest BCUT2D eigenvalue weighted by molar-refractivity contribution is 0.331. The standard InChI is InChI=1S/C22H25FN4O4S2/c1-3-15-11-24-22(25-12-15)27-8-6-16(7-9-27)21-26-17(14-32(21)28)13-31-20-5-4-18(10-19(20)23)33(2,29)30/h4-5,10-12,14,16H,3,6-9,13H2,1-2H3. The Hall–Kier alpha value is -2.66. The van der Waals surface area contributed by atoms with Crippen LogP contribution in [0.4, 0.5) is 10.3 Å². The van der Waals surface area contributed by atoms with Crippen LogP contribution >= 0.6 is 0 Å². The van der Waals surface area contributed by atoms with E-state index >= 15 is 0 Å². The van der Waals surface area contributed by atoms with Crippen LogP contribution in [-0.4, -0.2) is 53.6 Å². The number of piperidine rings is 1. The van der Waals surface area contributed by atoms with Gasteiger partial charge in [-0.25, -0.2) is 32.0 Å². The molecule has 2 aliphatic rings. The zero-order chi connectivity index (χ0) is 23.6. The lowest BCUT2D eigenvalue weighted by Crippen LogP contribution is -2.37. The van der Waals surface area contributed by atoms with Crippen molar-refractivity contribution in [3.05, 3.63) is 53.1 Å². The largest absolute Gasteiger partial charge is 0.484 e. The van der Waals surface area contributed by atoms with E-state index in [9.17, 15) is 17.0 Å². The van der Waals surface area contributed by atoms with E-state index in [0.717, 1.165) is 50.2 Å². The third-order valence-electron chi connectivity index (χ3n) is 5.64. The smallest absolute Gasteiger partial charge is 0.225 e. The average Bonchev–Trinajstić information content (AvgIpc) is 3.18. The molecule has 0 amide bonds. The maximum absolute atomic E-state index is 14.2. The van der Waals surface area contributed by atoms with E-state index in [1.165, 1.54) is 17.5 Å². The zero-order valence-corrected chi connectivity index (χ0v) is 20.0. The summed E-state index contributed by atoms with van der Waals surface area (Å²) in [4.78, 5) is 15.4. The summed E-state index contributed by atoms with van der Waals surface area (Å²) in [6, 6.07) is 3.48. The van der Waals surface area contributed by atoms with Gasteiger partial charge in [-0.1, -0.05) is 6.92 Å². The first kappa shape index (κ1) is 23.5. The Morgan fingerprint density at radius 1 is 1.21 bits per heavy atom. The van der Waals surface area contributed by atoms with E-state index < -0.39 is 26.5 Å². The SMILES string of the molecule is CCc1cnc(N2CCC(C3=NC(COc4ccc(S(C)(=O)=O)cc4F)=CS3=O)CC2)nc1. The van der Waals surface area contributed by atoms with Crippen LogP contribution in [0.1, 0.15) is 25.3 Å². The Morgan fingerprint density at radius 3 is 2.52 bits per heavy atom. The highest BCUT2D eigenvalue weighted by Crippen LogP contribution is 2.28. The molecule has 1 unspecified atom stereocenters. The van der Waals surface area contributed by atoms with E-state index in [1.807, 2.05) is 12.4 Å². The Morgan fingerprint density at radius 2 is 1.91 bits per heavy atom. The summed E-state index contributed by atoms with van der Waals surface area (Å²) >= 11 is 0. The highest BCUT2D eigenvalue weighted by atomic mass is 32.2. The Bertz CT molecular complexity index is 1220. The quantitative estimate of drug-likeness (QED) is 0.586. The van der Waals surface area contributed by atoms with Crippen LogP contribution in [0.5, 0.6) is 5.75 Å². The van der Waals surface area contributed by atoms with Gasteiger partial charge in [0.25, 0.3) is 0 Å². The molecule has 176 valence electrons. The minimum absolute atomic E-state index is 0.0547. The highest BCUT2D eigenvalue weighted by molar-refractivity contribution is 8.03. The van der Waals surface area contributed by atoms with Gasteiger partial charge >= 0.3 is 0 Å². The summed E-state index contributed by atoms with van der Waals surface area (Å²) in [7, 11) is -4.85. The van der Waals surface area contributed by atoms with Crippen LogP contribution in [0.15, 0.2) is 51.6 Å². The summed E-state index contributed by atoms with van der Waals surface area (Å²) in [5.74, 6) is -0.0728. The molecule has 0 radical (unpaired) electrons. The van der Waals surface area contributed by atoms with Gasteiger partial charge in [-0.3, -0.25) is 0 Å². The van der Waals surface area contributed by atoms with Crippen LogP contribution in [0, 0.1) is 11.7 Å². The summed E-state index contributed by atoms with van der Waals surface area (Å²) < 4.78 is 55.3. The molecule has 0 spiro atoms. The summed E-state index contributed by atoms with van der Waals surface area (Å²) in [6.45, 7) is 3.50. The highest BCUT2D eigenvalue weighted by Gasteiger charge is 2.30. The predicted octanol–water partition coefficient (Wildman–Crippen LogP) is 2.88. The van der Waals surface area contributed by atoms with E-state index in [0.29, 0.717) is 16.7 Å². The van der Waals surface area contributed by atoms with Gasteiger partial charge in [-0.15, -0.1) is 0 Å². The first-order valence-electron chi connectivity index (χ1n) is 10.6. The lowest BCUT2D eigenvalue weighted by atomic mass is 9.98. The minimum atomic E-state index is -3.51. The maximum atomic E-state index is 14.2. The van der Waals surface area contributed by atoms with Gasteiger partial charge in [0.05, 0.1) is 21.4 Å². The maximum Gasteiger partial charge on any atom is 0.225 e. The predicted molar refractivity (Wildman–Crippen MR) is 125 cm³/mol. The molecule has 1 aromatic carbocycles. The number of aryl methyl sites for hydroxylation is 1. The van der Waals surface area contributed by atoms with Crippen molar-refractivity contribution in [1.82, 2.24) is 9.97 Å². The van der Waals surface area contributed by atoms with Crippen molar-refractivity contribution in [2.45, 2.75) is 31.1 Å². The molecule has 1 aromatic heterocycles. The minimum Gasteiger partial charge on any atom is -0.484 e. The molecule has 0 bridgehead atoms. The second kappa shape index (κ2) is 9.68. The number of hydrogen-bond acceptors (Lipinski definition) is 8. The second-order valence-corrected chi connectivity index (χ2v) is 11.3. The summed E-state index contributed by atoms with van der Waals surface area (Å²) in [5, 5.41) is 2.14. The summed E-state index contributed by atoms with van der Waals surface area (Å²) in [6.07, 6.45) is 7.17. The molecule has 1 atom stereocenters. The first-order chi connectivity index (χ1) is 15.7. The van der Waals surface area contributed by atoms with Crippen LogP contribution in [0.2, 0.25) is 0 Å². The number of hydrogen-bond donors (Lipinski definition) is 0. The topological polar surface area (TPSA) is 102 Å². The normalized spacial score (nSPS) is 19.4. The lowest BCUT2D eigenvalue weighted by Gasteiger charge is -2.31. The average molecular weight is 493 g/mol. The zero-order valence-electron chi connectivity index (χ0n) is 18.4. The molecule has 2 aromatic rings. The van der Waals surface area contributed by atoms with Crippen molar-refractivity contribution in [3.63, 3.8) is 0 Å². The van der Waals surface area contributed by atoms with Crippen LogP contribution < -0.4 is 9.64 Å². The fourth-order valence-corrected chi connectivity index (χ4v) is 5.61. The number of aromatic nitrogens is 2. The van der Waals surface area contributed by atoms with Gasteiger partial charge in [0, 0.05) is 43.1 Å². The number of ether oxygens (including phenoxy) is 1. The van der Waals surface area contributed by atoms with E-state index in [2.05, 4.69) is 26.8 Å². The molecule has 8 nitrogen and oxygen atoms in total. The second-order valence-electron chi connectivity index (χ2n) is 8.02. The molecule has 1 saturated heterocycles. The molecule has 1 fully saturated rings. The van der Waals surface area contributed by atoms with Crippen LogP contribution in [-0.2, 0) is 27.1 Å². The third-order valence-corrected chi connectivity index (χ3v) is 8.07. The van der Waals surface area contributed by atoms with Gasteiger partial charge in [-0.05, 0) is 43.0 Å². The van der Waals surface area contributed by atoms with Gasteiger partial charge in [-0.2, -0.15) is 0 Å². The fraction of sp³-hybridized carbons (Fsp3) is 0.409. The molecule has 0 N–H and O–H groups in total. The molecular weight excluding hydrogens is 467 g/mol. The van der Waals surface area contributed by atoms with Crippen LogP contribution in [0.25, 0.3) is 0 Å². The molecule has 0 aliphatic carbocycles. The van der Waals surface area contributed by atoms with Gasteiger partial charge in [0.1, 0.15) is 11.7 Å². The number of anilines is 1. The molecular formula is C22H25FN4O4S2. The third kappa shape index (κ3) is 5.47. The number of rotatable bonds is 7. The van der Waals surface area contributed by atoms with Crippen molar-refractivity contribution in [3.8, 4) is 5.75 Å². The van der Waals surface area contributed by atoms with Crippen molar-refractivity contribution < 1.29 is 21.8 Å². The van der Waals surface area contributed by atoms with E-state index in [-0.39, 0.29) is 23.2 Å². The van der Waals surface area contributed by atoms with Crippen LogP contribution in [0.3, 0.4) is 0 Å². The number of aliphatic imine (C=N–C) groups is 1. The Labute approximate surface area is 195 Å². The molecule has 2 aliphatic heterocycles. The number of halogens is 1. The fourth-order valence-electron chi connectivity index (χ4n) is 3.72. The van der Waals surface area contributed by atoms with E-state index in [4.69, 9.17) is 4.74 Å². The number of benzene rings is 1. The Balaban J connectivity index is 1.35. The summed E-state index contributed by atoms with van der Waals surface area (Å²) in [5.41, 5.74) is 1.56.